The smallest absolute Gasteiger partial charge is 0.251 e. The van der Waals surface area contributed by atoms with Crippen LogP contribution >= 0.6 is 0 Å². The van der Waals surface area contributed by atoms with Gasteiger partial charge in [0.1, 0.15) is 5.75 Å². The van der Waals surface area contributed by atoms with Crippen LogP contribution in [0, 0.1) is 0 Å². The topological polar surface area (TPSA) is 69.0 Å². The van der Waals surface area contributed by atoms with Crippen molar-refractivity contribution in [3.8, 4) is 17.1 Å². The quantitative estimate of drug-likeness (QED) is 0.706. The van der Waals surface area contributed by atoms with E-state index in [2.05, 4.69) is 15.0 Å². The van der Waals surface area contributed by atoms with Crippen molar-refractivity contribution < 1.29 is 9.53 Å². The van der Waals surface area contributed by atoms with E-state index < -0.39 is 0 Å². The molecule has 144 valence electrons. The molecule has 1 aromatic carbocycles. The molecule has 1 saturated carbocycles. The highest BCUT2D eigenvalue weighted by molar-refractivity contribution is 5.94. The van der Waals surface area contributed by atoms with Crippen molar-refractivity contribution in [3.63, 3.8) is 0 Å². The van der Waals surface area contributed by atoms with Gasteiger partial charge in [0.05, 0.1) is 36.8 Å². The molecule has 1 fully saturated rings. The molecule has 0 unspecified atom stereocenters. The molecule has 3 aromatic rings. The molecule has 0 aliphatic heterocycles. The highest BCUT2D eigenvalue weighted by atomic mass is 16.5. The first-order valence-corrected chi connectivity index (χ1v) is 9.66. The predicted octanol–water partition coefficient (Wildman–Crippen LogP) is 4.00. The van der Waals surface area contributed by atoms with Crippen molar-refractivity contribution in [2.75, 3.05) is 7.11 Å². The lowest BCUT2D eigenvalue weighted by molar-refractivity contribution is 0.0950. The van der Waals surface area contributed by atoms with E-state index in [0.29, 0.717) is 18.2 Å². The van der Waals surface area contributed by atoms with Gasteiger partial charge in [0.25, 0.3) is 5.91 Å². The third-order valence-corrected chi connectivity index (χ3v) is 5.17. The number of amides is 1. The highest BCUT2D eigenvalue weighted by Crippen LogP contribution is 2.33. The number of rotatable bonds is 6. The molecule has 2 heterocycles. The number of ether oxygens (including phenoxy) is 1. The second kappa shape index (κ2) is 8.25. The van der Waals surface area contributed by atoms with Gasteiger partial charge in [-0.1, -0.05) is 18.9 Å². The molecule has 0 atom stereocenters. The van der Waals surface area contributed by atoms with Gasteiger partial charge in [-0.05, 0) is 55.3 Å². The van der Waals surface area contributed by atoms with Crippen molar-refractivity contribution >= 4 is 5.91 Å². The standard InChI is InChI=1S/C22H24N4O2/c1-28-19-11-9-16(10-12-19)22(27)24-15-17-14-21(20-8-4-5-13-23-20)26(25-17)18-6-2-3-7-18/h4-5,8-14,18H,2-3,6-7,15H2,1H3,(H,24,27). The second-order valence-corrected chi connectivity index (χ2v) is 7.03. The fraction of sp³-hybridized carbons (Fsp3) is 0.318. The van der Waals surface area contributed by atoms with Crippen molar-refractivity contribution in [1.29, 1.82) is 0 Å². The zero-order valence-corrected chi connectivity index (χ0v) is 16.0. The summed E-state index contributed by atoms with van der Waals surface area (Å²) >= 11 is 0. The van der Waals surface area contributed by atoms with Crippen LogP contribution in [0.5, 0.6) is 5.75 Å². The maximum Gasteiger partial charge on any atom is 0.251 e. The van der Waals surface area contributed by atoms with Crippen LogP contribution in [-0.4, -0.2) is 27.8 Å². The van der Waals surface area contributed by atoms with Crippen LogP contribution in [0.1, 0.15) is 47.8 Å². The first-order valence-electron chi connectivity index (χ1n) is 9.66. The lowest BCUT2D eigenvalue weighted by Gasteiger charge is -2.13. The Bertz CT molecular complexity index is 929. The van der Waals surface area contributed by atoms with Crippen LogP contribution in [0.3, 0.4) is 0 Å². The van der Waals surface area contributed by atoms with Crippen LogP contribution in [0.25, 0.3) is 11.4 Å². The van der Waals surface area contributed by atoms with Gasteiger partial charge in [-0.15, -0.1) is 0 Å². The molecule has 4 rings (SSSR count). The minimum atomic E-state index is -0.127. The zero-order valence-electron chi connectivity index (χ0n) is 16.0. The summed E-state index contributed by atoms with van der Waals surface area (Å²) in [6.07, 6.45) is 6.54. The lowest BCUT2D eigenvalue weighted by atomic mass is 10.2. The number of carbonyl (C=O) groups is 1. The third-order valence-electron chi connectivity index (χ3n) is 5.17. The van der Waals surface area contributed by atoms with Crippen LogP contribution in [0.15, 0.2) is 54.7 Å². The fourth-order valence-corrected chi connectivity index (χ4v) is 3.68. The Hall–Kier alpha value is -3.15. The van der Waals surface area contributed by atoms with E-state index in [4.69, 9.17) is 9.84 Å². The Kier molecular flexibility index (Phi) is 5.37. The average molecular weight is 376 g/mol. The molecular formula is C22H24N4O2. The third kappa shape index (κ3) is 3.91. The molecule has 28 heavy (non-hydrogen) atoms. The Morgan fingerprint density at radius 1 is 1.18 bits per heavy atom. The molecular weight excluding hydrogens is 352 g/mol. The van der Waals surface area contributed by atoms with E-state index in [0.717, 1.165) is 35.7 Å². The van der Waals surface area contributed by atoms with Gasteiger partial charge >= 0.3 is 0 Å². The summed E-state index contributed by atoms with van der Waals surface area (Å²) in [7, 11) is 1.61. The van der Waals surface area contributed by atoms with Crippen LogP contribution in [0.4, 0.5) is 0 Å². The number of carbonyl (C=O) groups excluding carboxylic acids is 1. The number of hydrogen-bond donors (Lipinski definition) is 1. The molecule has 0 radical (unpaired) electrons. The summed E-state index contributed by atoms with van der Waals surface area (Å²) in [5.74, 6) is 0.601. The molecule has 0 bridgehead atoms. The number of aromatic nitrogens is 3. The number of hydrogen-bond acceptors (Lipinski definition) is 4. The van der Waals surface area contributed by atoms with E-state index in [-0.39, 0.29) is 5.91 Å². The van der Waals surface area contributed by atoms with Gasteiger partial charge in [-0.25, -0.2) is 0 Å². The Morgan fingerprint density at radius 3 is 2.64 bits per heavy atom. The number of benzene rings is 1. The summed E-state index contributed by atoms with van der Waals surface area (Å²) in [6, 6.07) is 15.4. The summed E-state index contributed by atoms with van der Waals surface area (Å²) in [4.78, 5) is 16.9. The lowest BCUT2D eigenvalue weighted by Crippen LogP contribution is -2.23. The van der Waals surface area contributed by atoms with E-state index in [9.17, 15) is 4.79 Å². The predicted molar refractivity (Wildman–Crippen MR) is 107 cm³/mol. The van der Waals surface area contributed by atoms with Gasteiger partial charge < -0.3 is 10.1 Å². The second-order valence-electron chi connectivity index (χ2n) is 7.03. The molecule has 0 spiro atoms. The summed E-state index contributed by atoms with van der Waals surface area (Å²) in [5.41, 5.74) is 3.37. The van der Waals surface area contributed by atoms with Crippen LogP contribution in [-0.2, 0) is 6.54 Å². The van der Waals surface area contributed by atoms with Crippen molar-refractivity contribution in [2.45, 2.75) is 38.3 Å². The van der Waals surface area contributed by atoms with Gasteiger partial charge in [0.2, 0.25) is 0 Å². The van der Waals surface area contributed by atoms with Crippen molar-refractivity contribution in [1.82, 2.24) is 20.1 Å². The van der Waals surface area contributed by atoms with E-state index in [1.165, 1.54) is 12.8 Å². The molecule has 6 heteroatoms. The van der Waals surface area contributed by atoms with Gasteiger partial charge in [-0.3, -0.25) is 14.5 Å². The highest BCUT2D eigenvalue weighted by Gasteiger charge is 2.22. The first-order chi connectivity index (χ1) is 13.7. The molecule has 1 amide bonds. The van der Waals surface area contributed by atoms with E-state index in [1.54, 1.807) is 37.6 Å². The minimum absolute atomic E-state index is 0.127. The maximum atomic E-state index is 12.4. The van der Waals surface area contributed by atoms with Crippen molar-refractivity contribution in [3.05, 3.63) is 66.0 Å². The average Bonchev–Trinajstić information content (AvgIpc) is 3.42. The zero-order chi connectivity index (χ0) is 19.3. The fourth-order valence-electron chi connectivity index (χ4n) is 3.68. The molecule has 0 saturated heterocycles. The van der Waals surface area contributed by atoms with Gasteiger partial charge in [0.15, 0.2) is 0 Å². The SMILES string of the molecule is COc1ccc(C(=O)NCc2cc(-c3ccccn3)n(C3CCCC3)n2)cc1. The van der Waals surface area contributed by atoms with Gasteiger partial charge in [-0.2, -0.15) is 5.10 Å². The molecule has 1 aliphatic carbocycles. The Labute approximate surface area is 164 Å². The van der Waals surface area contributed by atoms with E-state index in [1.807, 2.05) is 24.3 Å². The minimum Gasteiger partial charge on any atom is -0.497 e. The van der Waals surface area contributed by atoms with Gasteiger partial charge in [0, 0.05) is 11.8 Å². The number of nitrogens with one attached hydrogen (secondary N) is 1. The number of nitrogens with zero attached hydrogens (tertiary/aromatic N) is 3. The largest absolute Gasteiger partial charge is 0.497 e. The molecule has 6 nitrogen and oxygen atoms in total. The summed E-state index contributed by atoms with van der Waals surface area (Å²) in [5, 5.41) is 7.76. The number of methoxy groups -OCH3 is 1. The Balaban J connectivity index is 1.52. The monoisotopic (exact) mass is 376 g/mol. The summed E-state index contributed by atoms with van der Waals surface area (Å²) < 4.78 is 7.24. The number of pyridine rings is 1. The maximum absolute atomic E-state index is 12.4. The molecule has 1 aliphatic rings. The first kappa shape index (κ1) is 18.2. The molecule has 2 aromatic heterocycles. The van der Waals surface area contributed by atoms with Crippen LogP contribution in [0.2, 0.25) is 0 Å². The Morgan fingerprint density at radius 2 is 1.96 bits per heavy atom. The van der Waals surface area contributed by atoms with Crippen LogP contribution < -0.4 is 10.1 Å². The summed E-state index contributed by atoms with van der Waals surface area (Å²) in [6.45, 7) is 0.379. The normalized spacial score (nSPS) is 14.2. The van der Waals surface area contributed by atoms with Crippen molar-refractivity contribution in [2.24, 2.45) is 0 Å². The molecule has 1 N–H and O–H groups in total. The van der Waals surface area contributed by atoms with E-state index >= 15 is 0 Å².